The van der Waals surface area contributed by atoms with E-state index in [1.165, 1.54) is 23.4 Å². The number of piperazine rings is 1. The topological polar surface area (TPSA) is 92.6 Å². The molecule has 9 heteroatoms. The number of benzene rings is 1. The molecule has 154 valence electrons. The van der Waals surface area contributed by atoms with Crippen molar-refractivity contribution in [1.82, 2.24) is 19.0 Å². The summed E-state index contributed by atoms with van der Waals surface area (Å²) >= 11 is 0. The number of aryl methyl sites for hydroxylation is 2. The third-order valence-corrected chi connectivity index (χ3v) is 7.43. The van der Waals surface area contributed by atoms with Gasteiger partial charge in [0.15, 0.2) is 11.5 Å². The first-order valence-corrected chi connectivity index (χ1v) is 11.3. The number of hydrogen-bond donors (Lipinski definition) is 0. The Morgan fingerprint density at radius 3 is 2.45 bits per heavy atom. The zero-order valence-corrected chi connectivity index (χ0v) is 17.2. The standard InChI is InChI=1S/C20H24N4O4S/c1-15(25)16-5-4-7-18(13-16)29(27,28)23-11-9-22(10-12-23)20(26)19-14-17-6-2-3-8-24(17)21-19/h4-5,7,13-14H,2-3,6,8-12H2,1H3. The Bertz CT molecular complexity index is 1030. The monoisotopic (exact) mass is 416 g/mol. The highest BCUT2D eigenvalue weighted by Crippen LogP contribution is 2.21. The smallest absolute Gasteiger partial charge is 0.274 e. The van der Waals surface area contributed by atoms with E-state index in [9.17, 15) is 18.0 Å². The molecule has 0 unspecified atom stereocenters. The van der Waals surface area contributed by atoms with E-state index in [2.05, 4.69) is 5.10 Å². The molecule has 1 amide bonds. The molecule has 1 aromatic heterocycles. The highest BCUT2D eigenvalue weighted by atomic mass is 32.2. The SMILES string of the molecule is CC(=O)c1cccc(S(=O)(=O)N2CCN(C(=O)c3cc4n(n3)CCCC4)CC2)c1. The molecule has 3 heterocycles. The summed E-state index contributed by atoms with van der Waals surface area (Å²) in [6.07, 6.45) is 3.12. The van der Waals surface area contributed by atoms with Gasteiger partial charge in [-0.05, 0) is 44.4 Å². The van der Waals surface area contributed by atoms with Crippen LogP contribution < -0.4 is 0 Å². The first-order valence-electron chi connectivity index (χ1n) is 9.83. The van der Waals surface area contributed by atoms with Crippen LogP contribution in [0.25, 0.3) is 0 Å². The summed E-state index contributed by atoms with van der Waals surface area (Å²) in [6.45, 7) is 3.30. The van der Waals surface area contributed by atoms with Crippen molar-refractivity contribution in [2.75, 3.05) is 26.2 Å². The maximum absolute atomic E-state index is 12.9. The Balaban J connectivity index is 1.45. The molecule has 0 spiro atoms. The molecule has 0 radical (unpaired) electrons. The summed E-state index contributed by atoms with van der Waals surface area (Å²) in [6, 6.07) is 7.93. The lowest BCUT2D eigenvalue weighted by atomic mass is 10.1. The molecule has 4 rings (SSSR count). The van der Waals surface area contributed by atoms with Crippen molar-refractivity contribution in [1.29, 1.82) is 0 Å². The van der Waals surface area contributed by atoms with Crippen LogP contribution in [0.2, 0.25) is 0 Å². The Kier molecular flexibility index (Phi) is 5.26. The minimum atomic E-state index is -3.71. The molecular weight excluding hydrogens is 392 g/mol. The van der Waals surface area contributed by atoms with Gasteiger partial charge in [-0.1, -0.05) is 12.1 Å². The van der Waals surface area contributed by atoms with Gasteiger partial charge >= 0.3 is 0 Å². The Morgan fingerprint density at radius 2 is 1.76 bits per heavy atom. The number of ketones is 1. The Morgan fingerprint density at radius 1 is 1.00 bits per heavy atom. The number of carbonyl (C=O) groups excluding carboxylic acids is 2. The van der Waals surface area contributed by atoms with Gasteiger partial charge in [-0.3, -0.25) is 14.3 Å². The van der Waals surface area contributed by atoms with Gasteiger partial charge in [-0.15, -0.1) is 0 Å². The molecule has 2 aliphatic rings. The van der Waals surface area contributed by atoms with Crippen molar-refractivity contribution in [3.05, 3.63) is 47.3 Å². The summed E-state index contributed by atoms with van der Waals surface area (Å²) < 4.78 is 29.1. The van der Waals surface area contributed by atoms with Gasteiger partial charge in [-0.25, -0.2) is 8.42 Å². The number of Topliss-reactive ketones (excluding diaryl/α,β-unsaturated/α-hetero) is 1. The molecule has 1 aromatic carbocycles. The van der Waals surface area contributed by atoms with Gasteiger partial charge in [-0.2, -0.15) is 9.40 Å². The number of rotatable bonds is 4. The highest BCUT2D eigenvalue weighted by molar-refractivity contribution is 7.89. The number of aromatic nitrogens is 2. The van der Waals surface area contributed by atoms with E-state index in [0.29, 0.717) is 24.3 Å². The minimum Gasteiger partial charge on any atom is -0.335 e. The second-order valence-electron chi connectivity index (χ2n) is 7.48. The lowest BCUT2D eigenvalue weighted by Crippen LogP contribution is -2.50. The zero-order chi connectivity index (χ0) is 20.6. The van der Waals surface area contributed by atoms with E-state index < -0.39 is 10.0 Å². The van der Waals surface area contributed by atoms with Gasteiger partial charge in [0, 0.05) is 44.0 Å². The van der Waals surface area contributed by atoms with E-state index in [4.69, 9.17) is 0 Å². The summed E-state index contributed by atoms with van der Waals surface area (Å²) in [4.78, 5) is 26.1. The summed E-state index contributed by atoms with van der Waals surface area (Å²) in [7, 11) is -3.71. The molecule has 0 saturated carbocycles. The number of carbonyl (C=O) groups is 2. The highest BCUT2D eigenvalue weighted by Gasteiger charge is 2.31. The Labute approximate surface area is 170 Å². The van der Waals surface area contributed by atoms with Crippen molar-refractivity contribution in [3.63, 3.8) is 0 Å². The van der Waals surface area contributed by atoms with Crippen LogP contribution >= 0.6 is 0 Å². The lowest BCUT2D eigenvalue weighted by molar-refractivity contribution is 0.0690. The summed E-state index contributed by atoms with van der Waals surface area (Å²) in [5, 5.41) is 4.43. The first-order chi connectivity index (χ1) is 13.9. The molecule has 2 aliphatic heterocycles. The van der Waals surface area contributed by atoms with E-state index >= 15 is 0 Å². The van der Waals surface area contributed by atoms with Crippen LogP contribution in [-0.2, 0) is 23.0 Å². The predicted molar refractivity (Wildman–Crippen MR) is 106 cm³/mol. The number of sulfonamides is 1. The van der Waals surface area contributed by atoms with Gasteiger partial charge < -0.3 is 4.90 Å². The van der Waals surface area contributed by atoms with Gasteiger partial charge in [0.25, 0.3) is 5.91 Å². The normalized spacial score (nSPS) is 17.8. The van der Waals surface area contributed by atoms with Crippen molar-refractivity contribution in [3.8, 4) is 0 Å². The maximum atomic E-state index is 12.9. The quantitative estimate of drug-likeness (QED) is 0.706. The largest absolute Gasteiger partial charge is 0.335 e. The molecule has 0 atom stereocenters. The van der Waals surface area contributed by atoms with Gasteiger partial charge in [0.2, 0.25) is 10.0 Å². The molecule has 1 saturated heterocycles. The third kappa shape index (κ3) is 3.84. The molecule has 29 heavy (non-hydrogen) atoms. The van der Waals surface area contributed by atoms with Crippen LogP contribution in [0.1, 0.15) is 46.3 Å². The molecule has 2 aromatic rings. The number of hydrogen-bond acceptors (Lipinski definition) is 5. The third-order valence-electron chi connectivity index (χ3n) is 5.54. The number of amides is 1. The first kappa shape index (κ1) is 19.8. The second kappa shape index (κ2) is 7.72. The van der Waals surface area contributed by atoms with Crippen LogP contribution in [0.4, 0.5) is 0 Å². The van der Waals surface area contributed by atoms with Crippen LogP contribution in [0.3, 0.4) is 0 Å². The fraction of sp³-hybridized carbons (Fsp3) is 0.450. The van der Waals surface area contributed by atoms with Crippen LogP contribution in [-0.4, -0.2) is 65.3 Å². The van der Waals surface area contributed by atoms with Crippen LogP contribution in [0, 0.1) is 0 Å². The van der Waals surface area contributed by atoms with Crippen molar-refractivity contribution in [2.24, 2.45) is 0 Å². The van der Waals surface area contributed by atoms with Crippen molar-refractivity contribution in [2.45, 2.75) is 37.6 Å². The second-order valence-corrected chi connectivity index (χ2v) is 9.42. The fourth-order valence-corrected chi connectivity index (χ4v) is 5.31. The minimum absolute atomic E-state index is 0.103. The van der Waals surface area contributed by atoms with Crippen molar-refractivity contribution >= 4 is 21.7 Å². The summed E-state index contributed by atoms with van der Waals surface area (Å²) in [5.74, 6) is -0.331. The number of nitrogens with zero attached hydrogens (tertiary/aromatic N) is 4. The molecule has 0 N–H and O–H groups in total. The number of fused-ring (bicyclic) bond motifs is 1. The predicted octanol–water partition coefficient (Wildman–Crippen LogP) is 1.57. The molecular formula is C20H24N4O4S. The zero-order valence-electron chi connectivity index (χ0n) is 16.4. The van der Waals surface area contributed by atoms with E-state index in [0.717, 1.165) is 31.5 Å². The van der Waals surface area contributed by atoms with Gasteiger partial charge in [0.1, 0.15) is 0 Å². The maximum Gasteiger partial charge on any atom is 0.274 e. The van der Waals surface area contributed by atoms with E-state index in [1.54, 1.807) is 17.0 Å². The lowest BCUT2D eigenvalue weighted by Gasteiger charge is -2.33. The molecule has 0 aliphatic carbocycles. The van der Waals surface area contributed by atoms with Crippen LogP contribution in [0.15, 0.2) is 35.2 Å². The fourth-order valence-electron chi connectivity index (χ4n) is 3.84. The summed E-state index contributed by atoms with van der Waals surface area (Å²) in [5.41, 5.74) is 1.89. The van der Waals surface area contributed by atoms with Crippen LogP contribution in [0.5, 0.6) is 0 Å². The Hall–Kier alpha value is -2.52. The molecule has 8 nitrogen and oxygen atoms in total. The molecule has 0 bridgehead atoms. The average molecular weight is 417 g/mol. The molecule has 1 fully saturated rings. The van der Waals surface area contributed by atoms with Crippen molar-refractivity contribution < 1.29 is 18.0 Å². The average Bonchev–Trinajstić information content (AvgIpc) is 3.17. The van der Waals surface area contributed by atoms with E-state index in [-0.39, 0.29) is 29.7 Å². The van der Waals surface area contributed by atoms with E-state index in [1.807, 2.05) is 10.7 Å². The van der Waals surface area contributed by atoms with Gasteiger partial charge in [0.05, 0.1) is 4.90 Å².